The van der Waals surface area contributed by atoms with E-state index in [2.05, 4.69) is 4.72 Å². The summed E-state index contributed by atoms with van der Waals surface area (Å²) in [6.45, 7) is 1.29. The second kappa shape index (κ2) is 12.3. The van der Waals surface area contributed by atoms with Gasteiger partial charge in [-0.1, -0.05) is 66.7 Å². The smallest absolute Gasteiger partial charge is 0.343 e. The van der Waals surface area contributed by atoms with Crippen molar-refractivity contribution < 1.29 is 36.0 Å². The fraction of sp³-hybridized carbons (Fsp3) is 0.129. The van der Waals surface area contributed by atoms with Crippen molar-refractivity contribution in [2.75, 3.05) is 21.3 Å². The summed E-state index contributed by atoms with van der Waals surface area (Å²) < 4.78 is 62.1. The molecule has 1 aliphatic heterocycles. The number of esters is 1. The molecule has 1 saturated heterocycles. The molecule has 0 bridgehead atoms. The SMILES string of the molecule is Cc1ccc(Cc2ccc(N3CC(=O)NS3(=O)=O)c(OC(=O)c3ccccc3)c2)c(NS(=O)(=O)CC(=O)c2ccccc2)c1. The highest BCUT2D eigenvalue weighted by atomic mass is 32.2. The average molecular weight is 634 g/mol. The Morgan fingerprint density at radius 3 is 2.20 bits per heavy atom. The van der Waals surface area contributed by atoms with E-state index in [1.54, 1.807) is 79.7 Å². The molecule has 0 aliphatic carbocycles. The highest BCUT2D eigenvalue weighted by Gasteiger charge is 2.36. The molecule has 11 nitrogen and oxygen atoms in total. The number of Topliss-reactive ketones (excluding diaryl/α,β-unsaturated/α-hetero) is 1. The second-order valence-electron chi connectivity index (χ2n) is 10.1. The summed E-state index contributed by atoms with van der Waals surface area (Å²) in [7, 11) is -8.29. The minimum absolute atomic E-state index is 0.0272. The van der Waals surface area contributed by atoms with Crippen LogP contribution in [0.25, 0.3) is 0 Å². The summed E-state index contributed by atoms with van der Waals surface area (Å²) in [5, 5.41) is 0. The van der Waals surface area contributed by atoms with Gasteiger partial charge in [-0.15, -0.1) is 0 Å². The molecule has 1 aliphatic rings. The Hall–Kier alpha value is -5.01. The topological polar surface area (TPSA) is 156 Å². The van der Waals surface area contributed by atoms with E-state index in [0.29, 0.717) is 11.1 Å². The summed E-state index contributed by atoms with van der Waals surface area (Å²) in [5.41, 5.74) is 2.59. The number of amides is 1. The molecule has 1 heterocycles. The number of sulfonamides is 1. The predicted octanol–water partition coefficient (Wildman–Crippen LogP) is 3.61. The molecule has 0 spiro atoms. The number of nitrogens with one attached hydrogen (secondary N) is 2. The normalized spacial score (nSPS) is 14.1. The lowest BCUT2D eigenvalue weighted by atomic mass is 10.0. The molecule has 226 valence electrons. The second-order valence-corrected chi connectivity index (χ2v) is 13.4. The fourth-order valence-corrected chi connectivity index (χ4v) is 6.86. The lowest BCUT2D eigenvalue weighted by Gasteiger charge is -2.20. The number of benzene rings is 4. The summed E-state index contributed by atoms with van der Waals surface area (Å²) in [5.74, 6) is -2.91. The van der Waals surface area contributed by atoms with E-state index >= 15 is 0 Å². The van der Waals surface area contributed by atoms with Crippen molar-refractivity contribution in [3.8, 4) is 5.75 Å². The quantitative estimate of drug-likeness (QED) is 0.152. The minimum atomic E-state index is -4.21. The summed E-state index contributed by atoms with van der Waals surface area (Å²) in [4.78, 5) is 37.4. The van der Waals surface area contributed by atoms with Crippen LogP contribution < -0.4 is 18.5 Å². The minimum Gasteiger partial charge on any atom is -0.421 e. The van der Waals surface area contributed by atoms with Gasteiger partial charge in [0.05, 0.1) is 16.9 Å². The van der Waals surface area contributed by atoms with Crippen molar-refractivity contribution >= 4 is 49.3 Å². The third-order valence-electron chi connectivity index (χ3n) is 6.67. The first-order valence-corrected chi connectivity index (χ1v) is 16.4. The lowest BCUT2D eigenvalue weighted by Crippen LogP contribution is -2.30. The van der Waals surface area contributed by atoms with Crippen molar-refractivity contribution in [3.63, 3.8) is 0 Å². The third-order valence-corrected chi connectivity index (χ3v) is 9.23. The van der Waals surface area contributed by atoms with Crippen LogP contribution in [-0.2, 0) is 31.4 Å². The predicted molar refractivity (Wildman–Crippen MR) is 164 cm³/mol. The molecule has 4 aromatic rings. The molecule has 1 amide bonds. The monoisotopic (exact) mass is 633 g/mol. The molecular formula is C31H27N3O8S2. The Labute approximate surface area is 254 Å². The number of ether oxygens (including phenoxy) is 1. The number of rotatable bonds is 10. The summed E-state index contributed by atoms with van der Waals surface area (Å²) in [6, 6.07) is 25.8. The molecule has 2 N–H and O–H groups in total. The number of hydrogen-bond acceptors (Lipinski definition) is 8. The van der Waals surface area contributed by atoms with Crippen LogP contribution in [0.4, 0.5) is 11.4 Å². The fourth-order valence-electron chi connectivity index (χ4n) is 4.59. The maximum atomic E-state index is 13.0. The van der Waals surface area contributed by atoms with E-state index in [0.717, 1.165) is 9.87 Å². The van der Waals surface area contributed by atoms with E-state index in [1.807, 2.05) is 4.72 Å². The first-order chi connectivity index (χ1) is 20.9. The van der Waals surface area contributed by atoms with Crippen molar-refractivity contribution in [1.29, 1.82) is 0 Å². The lowest BCUT2D eigenvalue weighted by molar-refractivity contribution is -0.117. The van der Waals surface area contributed by atoms with Gasteiger partial charge in [0.2, 0.25) is 10.0 Å². The van der Waals surface area contributed by atoms with Gasteiger partial charge in [0, 0.05) is 5.56 Å². The van der Waals surface area contributed by atoms with Gasteiger partial charge < -0.3 is 4.74 Å². The molecule has 0 saturated carbocycles. The third kappa shape index (κ3) is 7.13. The molecule has 4 aromatic carbocycles. The van der Waals surface area contributed by atoms with Gasteiger partial charge in [-0.25, -0.2) is 22.2 Å². The van der Waals surface area contributed by atoms with E-state index in [9.17, 15) is 31.2 Å². The number of ketones is 1. The summed E-state index contributed by atoms with van der Waals surface area (Å²) in [6.07, 6.45) is 0.144. The van der Waals surface area contributed by atoms with E-state index in [4.69, 9.17) is 4.74 Å². The molecule has 1 fully saturated rings. The molecule has 0 unspecified atom stereocenters. The van der Waals surface area contributed by atoms with E-state index in [-0.39, 0.29) is 34.7 Å². The van der Waals surface area contributed by atoms with Crippen LogP contribution in [0, 0.1) is 6.92 Å². The van der Waals surface area contributed by atoms with Crippen molar-refractivity contribution in [3.05, 3.63) is 125 Å². The Kier molecular flexibility index (Phi) is 8.52. The molecule has 44 heavy (non-hydrogen) atoms. The van der Waals surface area contributed by atoms with E-state index < -0.39 is 50.2 Å². The molecule has 5 rings (SSSR count). The van der Waals surface area contributed by atoms with Gasteiger partial charge in [0.15, 0.2) is 11.5 Å². The Morgan fingerprint density at radius 2 is 1.57 bits per heavy atom. The van der Waals surface area contributed by atoms with Gasteiger partial charge in [-0.3, -0.25) is 14.3 Å². The highest BCUT2D eigenvalue weighted by Crippen LogP contribution is 2.34. The van der Waals surface area contributed by atoms with Gasteiger partial charge in [0.1, 0.15) is 12.3 Å². The summed E-state index contributed by atoms with van der Waals surface area (Å²) >= 11 is 0. The first kappa shape index (κ1) is 30.4. The van der Waals surface area contributed by atoms with Crippen LogP contribution in [0.1, 0.15) is 37.4 Å². The number of aryl methyl sites for hydroxylation is 1. The maximum absolute atomic E-state index is 13.0. The average Bonchev–Trinajstić information content (AvgIpc) is 3.26. The zero-order valence-electron chi connectivity index (χ0n) is 23.4. The van der Waals surface area contributed by atoms with Gasteiger partial charge in [0.25, 0.3) is 5.91 Å². The first-order valence-electron chi connectivity index (χ1n) is 13.3. The molecular weight excluding hydrogens is 606 g/mol. The maximum Gasteiger partial charge on any atom is 0.343 e. The standard InChI is InChI=1S/C31H27N3O8S2/c1-21-12-14-25(26(16-21)32-43(38,39)20-28(35)23-8-4-2-5-9-23)17-22-13-15-27(34-19-30(36)33-44(34,40)41)29(18-22)42-31(37)24-10-6-3-7-11-24/h2-16,18,32H,17,19-20H2,1H3,(H,33,36). The zero-order valence-corrected chi connectivity index (χ0v) is 25.0. The Morgan fingerprint density at radius 1 is 0.909 bits per heavy atom. The van der Waals surface area contributed by atoms with Crippen LogP contribution in [-0.4, -0.2) is 46.8 Å². The number of anilines is 2. The molecule has 0 atom stereocenters. The van der Waals surface area contributed by atoms with Crippen LogP contribution >= 0.6 is 0 Å². The highest BCUT2D eigenvalue weighted by molar-refractivity contribution is 7.93. The molecule has 0 radical (unpaired) electrons. The van der Waals surface area contributed by atoms with Crippen LogP contribution in [0.3, 0.4) is 0 Å². The number of carbonyl (C=O) groups is 3. The Bertz CT molecular complexity index is 1960. The Balaban J connectivity index is 1.45. The van der Waals surface area contributed by atoms with Crippen molar-refractivity contribution in [1.82, 2.24) is 4.72 Å². The molecule has 0 aromatic heterocycles. The van der Waals surface area contributed by atoms with Crippen molar-refractivity contribution in [2.45, 2.75) is 13.3 Å². The number of nitrogens with zero attached hydrogens (tertiary/aromatic N) is 1. The van der Waals surface area contributed by atoms with Gasteiger partial charge >= 0.3 is 16.2 Å². The van der Waals surface area contributed by atoms with Gasteiger partial charge in [-0.05, 0) is 60.4 Å². The van der Waals surface area contributed by atoms with Crippen LogP contribution in [0.15, 0.2) is 97.1 Å². The van der Waals surface area contributed by atoms with Crippen LogP contribution in [0.2, 0.25) is 0 Å². The number of hydrogen-bond donors (Lipinski definition) is 2. The van der Waals surface area contributed by atoms with Crippen LogP contribution in [0.5, 0.6) is 5.75 Å². The molecule has 13 heteroatoms. The zero-order chi connectivity index (χ0) is 31.5. The number of carbonyl (C=O) groups excluding carboxylic acids is 3. The van der Waals surface area contributed by atoms with Gasteiger partial charge in [-0.2, -0.15) is 8.42 Å². The largest absolute Gasteiger partial charge is 0.421 e. The van der Waals surface area contributed by atoms with Crippen molar-refractivity contribution in [2.24, 2.45) is 0 Å². The van der Waals surface area contributed by atoms with E-state index in [1.165, 1.54) is 24.3 Å².